The van der Waals surface area contributed by atoms with Gasteiger partial charge in [0.25, 0.3) is 6.04 Å². The average molecular weight is 151 g/mol. The molecular weight excluding hydrogens is 142 g/mol. The van der Waals surface area contributed by atoms with Gasteiger partial charge in [-0.15, -0.1) is 0 Å². The topological polar surface area (TPSA) is 104 Å². The van der Waals surface area contributed by atoms with Crippen LogP contribution in [0.4, 0.5) is 0 Å². The maximum atomic E-state index is 9.90. The summed E-state index contributed by atoms with van der Waals surface area (Å²) >= 11 is 0. The van der Waals surface area contributed by atoms with E-state index in [4.69, 9.17) is 15.3 Å². The Morgan fingerprint density at radius 2 is 2.00 bits per heavy atom. The molecule has 10 heavy (non-hydrogen) atoms. The van der Waals surface area contributed by atoms with Gasteiger partial charge in [-0.2, -0.15) is 0 Å². The van der Waals surface area contributed by atoms with Gasteiger partial charge in [-0.3, -0.25) is 10.1 Å². The summed E-state index contributed by atoms with van der Waals surface area (Å²) in [6.45, 7) is 1.37. The summed E-state index contributed by atoms with van der Waals surface area (Å²) in [5, 5.41) is 34.9. The second-order valence-corrected chi connectivity index (χ2v) is 1.90. The lowest BCUT2D eigenvalue weighted by molar-refractivity contribution is -0.589. The van der Waals surface area contributed by atoms with Crippen molar-refractivity contribution in [3.63, 3.8) is 0 Å². The summed E-state index contributed by atoms with van der Waals surface area (Å²) in [6, 6.07) is -1.74. The van der Waals surface area contributed by atoms with E-state index >= 15 is 0 Å². The van der Waals surface area contributed by atoms with Crippen molar-refractivity contribution in [3.05, 3.63) is 10.1 Å². The van der Waals surface area contributed by atoms with Crippen LogP contribution in [-0.2, 0) is 0 Å². The second kappa shape index (κ2) is 2.91. The average Bonchev–Trinajstić information content (AvgIpc) is 1.60. The Labute approximate surface area is 56.9 Å². The summed E-state index contributed by atoms with van der Waals surface area (Å²) < 4.78 is 0. The molecule has 0 aliphatic rings. The molecule has 0 aromatic rings. The van der Waals surface area contributed by atoms with Crippen molar-refractivity contribution in [3.8, 4) is 0 Å². The Kier molecular flexibility index (Phi) is 2.70. The van der Waals surface area contributed by atoms with Gasteiger partial charge in [0, 0.05) is 11.3 Å². The Balaban J connectivity index is 4.22. The van der Waals surface area contributed by atoms with Gasteiger partial charge in [0.2, 0.25) is 0 Å². The van der Waals surface area contributed by atoms with Gasteiger partial charge in [0.1, 0.15) is 0 Å². The van der Waals surface area contributed by atoms with Crippen LogP contribution in [0.3, 0.4) is 0 Å². The predicted octanol–water partition coefficient (Wildman–Crippen LogP) is -1.33. The van der Waals surface area contributed by atoms with Crippen molar-refractivity contribution in [2.75, 3.05) is 0 Å². The predicted molar refractivity (Wildman–Crippen MR) is 30.5 cm³/mol. The number of rotatable bonds is 3. The summed E-state index contributed by atoms with van der Waals surface area (Å²) in [4.78, 5) is 8.96. The highest BCUT2D eigenvalue weighted by Crippen LogP contribution is 2.08. The molecule has 0 saturated heterocycles. The third-order valence-electron chi connectivity index (χ3n) is 1.09. The lowest BCUT2D eigenvalue weighted by Gasteiger charge is -2.16. The Hall–Kier alpha value is -0.720. The van der Waals surface area contributed by atoms with Crippen LogP contribution in [0.25, 0.3) is 0 Å². The number of nitrogens with zero attached hydrogens (tertiary/aromatic N) is 1. The normalized spacial score (nSPS) is 14.8. The molecule has 0 saturated carbocycles. The molecule has 0 radical (unpaired) electrons. The molecule has 0 aromatic carbocycles. The monoisotopic (exact) mass is 151 g/mol. The van der Waals surface area contributed by atoms with E-state index in [1.807, 2.05) is 0 Å². The molecule has 6 nitrogen and oxygen atoms in total. The molecule has 0 bridgehead atoms. The van der Waals surface area contributed by atoms with Gasteiger partial charge in [-0.1, -0.05) is 6.92 Å². The highest BCUT2D eigenvalue weighted by atomic mass is 16.7. The highest BCUT2D eigenvalue weighted by Gasteiger charge is 2.40. The zero-order valence-corrected chi connectivity index (χ0v) is 5.39. The fourth-order valence-corrected chi connectivity index (χ4v) is 0.564. The first kappa shape index (κ1) is 9.28. The molecule has 1 unspecified atom stereocenters. The minimum Gasteiger partial charge on any atom is -0.338 e. The molecule has 0 amide bonds. The summed E-state index contributed by atoms with van der Waals surface area (Å²) in [5.41, 5.74) is 0. The van der Waals surface area contributed by atoms with Crippen LogP contribution in [0.2, 0.25) is 0 Å². The number of hydrogen-bond acceptors (Lipinski definition) is 5. The molecule has 0 spiro atoms. The van der Waals surface area contributed by atoms with Crippen LogP contribution in [0.5, 0.6) is 0 Å². The molecule has 0 fully saturated rings. The number of nitro groups is 1. The van der Waals surface area contributed by atoms with E-state index in [1.165, 1.54) is 6.92 Å². The fraction of sp³-hybridized carbons (Fsp3) is 1.00. The van der Waals surface area contributed by atoms with E-state index in [2.05, 4.69) is 0 Å². The van der Waals surface area contributed by atoms with Crippen molar-refractivity contribution in [1.29, 1.82) is 0 Å². The first-order valence-corrected chi connectivity index (χ1v) is 2.70. The maximum absolute atomic E-state index is 9.90. The molecular formula is C4H9NO5. The lowest BCUT2D eigenvalue weighted by atomic mass is 10.2. The van der Waals surface area contributed by atoms with Crippen LogP contribution in [0.1, 0.15) is 13.3 Å². The summed E-state index contributed by atoms with van der Waals surface area (Å²) in [7, 11) is 0. The Morgan fingerprint density at radius 3 is 2.00 bits per heavy atom. The number of hydrogen-bond donors (Lipinski definition) is 3. The van der Waals surface area contributed by atoms with Gasteiger partial charge in [-0.25, -0.2) is 0 Å². The first-order valence-electron chi connectivity index (χ1n) is 2.70. The standard InChI is InChI=1S/C4H9NO5/c1-2-3(5(9)10)4(6,7)8/h3,6-8H,2H2,1H3. The Bertz CT molecular complexity index is 128. The third kappa shape index (κ3) is 2.26. The first-order chi connectivity index (χ1) is 4.39. The van der Waals surface area contributed by atoms with E-state index in [9.17, 15) is 10.1 Å². The van der Waals surface area contributed by atoms with Crippen molar-refractivity contribution < 1.29 is 20.2 Å². The third-order valence-corrected chi connectivity index (χ3v) is 1.09. The molecule has 1 atom stereocenters. The smallest absolute Gasteiger partial charge is 0.338 e. The molecule has 0 rings (SSSR count). The molecule has 6 heteroatoms. The molecule has 0 heterocycles. The molecule has 3 N–H and O–H groups in total. The van der Waals surface area contributed by atoms with Crippen LogP contribution >= 0.6 is 0 Å². The van der Waals surface area contributed by atoms with Gasteiger partial charge < -0.3 is 15.3 Å². The maximum Gasteiger partial charge on any atom is 0.347 e. The van der Waals surface area contributed by atoms with Crippen molar-refractivity contribution in [1.82, 2.24) is 0 Å². The lowest BCUT2D eigenvalue weighted by Crippen LogP contribution is -2.46. The summed E-state index contributed by atoms with van der Waals surface area (Å²) in [6.07, 6.45) is -0.142. The fourth-order valence-electron chi connectivity index (χ4n) is 0.564. The van der Waals surface area contributed by atoms with Gasteiger partial charge in [0.15, 0.2) is 0 Å². The van der Waals surface area contributed by atoms with E-state index < -0.39 is 16.9 Å². The quantitative estimate of drug-likeness (QED) is 0.263. The highest BCUT2D eigenvalue weighted by molar-refractivity contribution is 4.60. The van der Waals surface area contributed by atoms with Crippen LogP contribution in [0, 0.1) is 10.1 Å². The molecule has 0 aromatic heterocycles. The van der Waals surface area contributed by atoms with Crippen LogP contribution in [-0.4, -0.2) is 32.3 Å². The van der Waals surface area contributed by atoms with E-state index in [1.54, 1.807) is 0 Å². The SMILES string of the molecule is CCC([N+](=O)[O-])C(O)(O)O. The van der Waals surface area contributed by atoms with Gasteiger partial charge in [0.05, 0.1) is 0 Å². The zero-order chi connectivity index (χ0) is 8.36. The minimum atomic E-state index is -3.21. The van der Waals surface area contributed by atoms with E-state index in [0.29, 0.717) is 0 Å². The van der Waals surface area contributed by atoms with Crippen molar-refractivity contribution >= 4 is 0 Å². The molecule has 60 valence electrons. The zero-order valence-electron chi connectivity index (χ0n) is 5.39. The van der Waals surface area contributed by atoms with Gasteiger partial charge >= 0.3 is 5.97 Å². The molecule has 0 aliphatic carbocycles. The number of aliphatic hydroxyl groups is 3. The largest absolute Gasteiger partial charge is 0.347 e. The molecule has 0 aliphatic heterocycles. The van der Waals surface area contributed by atoms with Crippen molar-refractivity contribution in [2.45, 2.75) is 25.4 Å². The van der Waals surface area contributed by atoms with Crippen molar-refractivity contribution in [2.24, 2.45) is 0 Å². The minimum absolute atomic E-state index is 0.142. The van der Waals surface area contributed by atoms with Crippen LogP contribution in [0.15, 0.2) is 0 Å². The van der Waals surface area contributed by atoms with E-state index in [0.717, 1.165) is 0 Å². The van der Waals surface area contributed by atoms with Crippen LogP contribution < -0.4 is 0 Å². The van der Waals surface area contributed by atoms with E-state index in [-0.39, 0.29) is 6.42 Å². The van der Waals surface area contributed by atoms with Gasteiger partial charge in [-0.05, 0) is 0 Å². The second-order valence-electron chi connectivity index (χ2n) is 1.90. The summed E-state index contributed by atoms with van der Waals surface area (Å²) in [5.74, 6) is -3.21. The Morgan fingerprint density at radius 1 is 1.60 bits per heavy atom.